The van der Waals surface area contributed by atoms with Crippen molar-refractivity contribution in [1.29, 1.82) is 0 Å². The standard InChI is InChI=1S/C22H26N4O/c1-14(2)27-18-8-9-20-19(13-18)22(25-24-20)15-10-11-23-21(12-15)26-16-4-3-5-17(26)7-6-16/h8-14,16-17H,3-7H2,1-2H3,(H,24,25). The number of hydrogen-bond acceptors (Lipinski definition) is 4. The monoisotopic (exact) mass is 362 g/mol. The highest BCUT2D eigenvalue weighted by molar-refractivity contribution is 5.94. The summed E-state index contributed by atoms with van der Waals surface area (Å²) in [6, 6.07) is 11.7. The van der Waals surface area contributed by atoms with Gasteiger partial charge in [0.25, 0.3) is 0 Å². The van der Waals surface area contributed by atoms with Gasteiger partial charge in [-0.3, -0.25) is 5.10 Å². The Balaban J connectivity index is 1.53. The van der Waals surface area contributed by atoms with Gasteiger partial charge in [-0.15, -0.1) is 0 Å². The minimum Gasteiger partial charge on any atom is -0.491 e. The number of piperidine rings is 1. The van der Waals surface area contributed by atoms with E-state index in [-0.39, 0.29) is 6.10 Å². The first-order valence-electron chi connectivity index (χ1n) is 10.1. The van der Waals surface area contributed by atoms with E-state index >= 15 is 0 Å². The van der Waals surface area contributed by atoms with Crippen LogP contribution < -0.4 is 9.64 Å². The van der Waals surface area contributed by atoms with E-state index in [0.29, 0.717) is 12.1 Å². The van der Waals surface area contributed by atoms with Gasteiger partial charge >= 0.3 is 0 Å². The number of ether oxygens (including phenoxy) is 1. The summed E-state index contributed by atoms with van der Waals surface area (Å²) in [5.41, 5.74) is 3.10. The molecule has 1 aromatic carbocycles. The molecule has 0 radical (unpaired) electrons. The number of hydrogen-bond donors (Lipinski definition) is 1. The SMILES string of the molecule is CC(C)Oc1ccc2[nH]nc(-c3ccnc(N4C5CCCC4CC5)c3)c2c1. The fourth-order valence-electron chi connectivity index (χ4n) is 4.76. The number of aromatic nitrogens is 3. The zero-order valence-corrected chi connectivity index (χ0v) is 16.0. The lowest BCUT2D eigenvalue weighted by molar-refractivity contribution is 0.243. The quantitative estimate of drug-likeness (QED) is 0.715. The van der Waals surface area contributed by atoms with Crippen LogP contribution in [-0.2, 0) is 0 Å². The molecule has 0 spiro atoms. The van der Waals surface area contributed by atoms with E-state index < -0.39 is 0 Å². The first-order valence-corrected chi connectivity index (χ1v) is 10.1. The fraction of sp³-hybridized carbons (Fsp3) is 0.455. The van der Waals surface area contributed by atoms with E-state index in [9.17, 15) is 0 Å². The van der Waals surface area contributed by atoms with Crippen LogP contribution in [0.25, 0.3) is 22.2 Å². The molecule has 2 fully saturated rings. The molecule has 0 saturated carbocycles. The van der Waals surface area contributed by atoms with Crippen LogP contribution in [0.15, 0.2) is 36.5 Å². The Kier molecular flexibility index (Phi) is 4.03. The second kappa shape index (κ2) is 6.55. The van der Waals surface area contributed by atoms with Gasteiger partial charge in [0.2, 0.25) is 0 Å². The maximum atomic E-state index is 5.88. The van der Waals surface area contributed by atoms with E-state index in [0.717, 1.165) is 33.7 Å². The Morgan fingerprint density at radius 2 is 1.89 bits per heavy atom. The second-order valence-electron chi connectivity index (χ2n) is 8.07. The van der Waals surface area contributed by atoms with Crippen molar-refractivity contribution in [3.05, 3.63) is 36.5 Å². The molecule has 5 rings (SSSR count). The van der Waals surface area contributed by atoms with Crippen LogP contribution >= 0.6 is 0 Å². The van der Waals surface area contributed by atoms with Crippen LogP contribution in [0.4, 0.5) is 5.82 Å². The molecule has 2 unspecified atom stereocenters. The average molecular weight is 362 g/mol. The van der Waals surface area contributed by atoms with Crippen LogP contribution in [0.1, 0.15) is 46.0 Å². The van der Waals surface area contributed by atoms with Crippen molar-refractivity contribution in [3.63, 3.8) is 0 Å². The predicted octanol–water partition coefficient (Wildman–Crippen LogP) is 4.93. The van der Waals surface area contributed by atoms with Gasteiger partial charge in [-0.1, -0.05) is 0 Å². The molecule has 27 heavy (non-hydrogen) atoms. The van der Waals surface area contributed by atoms with Crippen LogP contribution in [0.3, 0.4) is 0 Å². The third-order valence-electron chi connectivity index (χ3n) is 5.88. The van der Waals surface area contributed by atoms with Gasteiger partial charge in [-0.25, -0.2) is 4.98 Å². The predicted molar refractivity (Wildman–Crippen MR) is 108 cm³/mol. The number of nitrogens with zero attached hydrogens (tertiary/aromatic N) is 3. The summed E-state index contributed by atoms with van der Waals surface area (Å²) < 4.78 is 5.88. The van der Waals surface area contributed by atoms with Crippen LogP contribution in [0.2, 0.25) is 0 Å². The van der Waals surface area contributed by atoms with E-state index in [1.807, 2.05) is 32.2 Å². The van der Waals surface area contributed by atoms with Gasteiger partial charge < -0.3 is 9.64 Å². The Morgan fingerprint density at radius 1 is 1.07 bits per heavy atom. The number of anilines is 1. The number of fused-ring (bicyclic) bond motifs is 3. The highest BCUT2D eigenvalue weighted by Gasteiger charge is 2.37. The summed E-state index contributed by atoms with van der Waals surface area (Å²) in [7, 11) is 0. The third-order valence-corrected chi connectivity index (χ3v) is 5.88. The zero-order valence-electron chi connectivity index (χ0n) is 16.0. The summed E-state index contributed by atoms with van der Waals surface area (Å²) in [5.74, 6) is 1.98. The Labute approximate surface area is 159 Å². The first kappa shape index (κ1) is 16.6. The van der Waals surface area contributed by atoms with Crippen LogP contribution in [0.5, 0.6) is 5.75 Å². The van der Waals surface area contributed by atoms with E-state index in [4.69, 9.17) is 9.72 Å². The molecule has 0 aliphatic carbocycles. The lowest BCUT2D eigenvalue weighted by Gasteiger charge is -2.35. The summed E-state index contributed by atoms with van der Waals surface area (Å²) in [4.78, 5) is 7.28. The molecule has 1 N–H and O–H groups in total. The third kappa shape index (κ3) is 2.95. The molecule has 2 aliphatic rings. The van der Waals surface area contributed by atoms with Gasteiger partial charge in [0.15, 0.2) is 0 Å². The van der Waals surface area contributed by atoms with Gasteiger partial charge in [0, 0.05) is 29.2 Å². The van der Waals surface area contributed by atoms with Crippen molar-refractivity contribution in [2.45, 2.75) is 64.1 Å². The minimum atomic E-state index is 0.153. The van der Waals surface area contributed by atoms with Crippen LogP contribution in [-0.4, -0.2) is 33.4 Å². The molecule has 3 aromatic rings. The highest BCUT2D eigenvalue weighted by atomic mass is 16.5. The van der Waals surface area contributed by atoms with Gasteiger partial charge in [-0.2, -0.15) is 5.10 Å². The summed E-state index contributed by atoms with van der Waals surface area (Å²) >= 11 is 0. The number of rotatable bonds is 4. The zero-order chi connectivity index (χ0) is 18.4. The largest absolute Gasteiger partial charge is 0.491 e. The summed E-state index contributed by atoms with van der Waals surface area (Å²) in [5, 5.41) is 8.85. The molecule has 2 bridgehead atoms. The average Bonchev–Trinajstić information content (AvgIpc) is 3.19. The Morgan fingerprint density at radius 3 is 2.67 bits per heavy atom. The number of pyridine rings is 1. The maximum absolute atomic E-state index is 5.88. The lowest BCUT2D eigenvalue weighted by Crippen LogP contribution is -2.40. The van der Waals surface area contributed by atoms with E-state index in [1.54, 1.807) is 0 Å². The maximum Gasteiger partial charge on any atom is 0.129 e. The minimum absolute atomic E-state index is 0.153. The molecule has 140 valence electrons. The van der Waals surface area contributed by atoms with E-state index in [1.165, 1.54) is 32.1 Å². The van der Waals surface area contributed by atoms with Crippen molar-refractivity contribution in [2.75, 3.05) is 4.90 Å². The summed E-state index contributed by atoms with van der Waals surface area (Å²) in [6.07, 6.45) is 8.63. The van der Waals surface area contributed by atoms with Crippen molar-refractivity contribution in [3.8, 4) is 17.0 Å². The first-order chi connectivity index (χ1) is 13.2. The Hall–Kier alpha value is -2.56. The molecule has 5 nitrogen and oxygen atoms in total. The van der Waals surface area contributed by atoms with Gasteiger partial charge in [0.1, 0.15) is 17.3 Å². The molecule has 5 heteroatoms. The number of H-pyrrole nitrogens is 1. The van der Waals surface area contributed by atoms with Crippen molar-refractivity contribution in [1.82, 2.24) is 15.2 Å². The number of benzene rings is 1. The normalized spacial score (nSPS) is 22.0. The summed E-state index contributed by atoms with van der Waals surface area (Å²) in [6.45, 7) is 4.09. The van der Waals surface area contributed by atoms with Crippen molar-refractivity contribution >= 4 is 16.7 Å². The molecule has 2 aromatic heterocycles. The number of nitrogens with one attached hydrogen (secondary N) is 1. The molecular weight excluding hydrogens is 336 g/mol. The molecule has 2 saturated heterocycles. The lowest BCUT2D eigenvalue weighted by atomic mass is 10.0. The highest BCUT2D eigenvalue weighted by Crippen LogP contribution is 2.39. The van der Waals surface area contributed by atoms with Crippen molar-refractivity contribution < 1.29 is 4.74 Å². The van der Waals surface area contributed by atoms with E-state index in [2.05, 4.69) is 33.3 Å². The fourth-order valence-corrected chi connectivity index (χ4v) is 4.76. The molecule has 2 atom stereocenters. The molecular formula is C22H26N4O. The Bertz CT molecular complexity index is 948. The van der Waals surface area contributed by atoms with Gasteiger partial charge in [0.05, 0.1) is 11.6 Å². The van der Waals surface area contributed by atoms with Crippen molar-refractivity contribution in [2.24, 2.45) is 0 Å². The molecule has 0 amide bonds. The number of aromatic amines is 1. The topological polar surface area (TPSA) is 54.0 Å². The molecule has 2 aliphatic heterocycles. The van der Waals surface area contributed by atoms with Crippen LogP contribution in [0, 0.1) is 0 Å². The smallest absolute Gasteiger partial charge is 0.129 e. The van der Waals surface area contributed by atoms with Gasteiger partial charge in [-0.05, 0) is 76.3 Å². The second-order valence-corrected chi connectivity index (χ2v) is 8.07. The molecule has 4 heterocycles.